The van der Waals surface area contributed by atoms with Gasteiger partial charge >= 0.3 is 0 Å². The van der Waals surface area contributed by atoms with Crippen molar-refractivity contribution in [2.75, 3.05) is 7.05 Å². The number of benzene rings is 1. The van der Waals surface area contributed by atoms with Crippen LogP contribution in [-0.4, -0.2) is 41.1 Å². The molecule has 0 saturated carbocycles. The molecule has 1 aromatic rings. The molecule has 3 rings (SSSR count). The first-order valence-corrected chi connectivity index (χ1v) is 8.85. The Morgan fingerprint density at radius 1 is 1.30 bits per heavy atom. The molecule has 0 aromatic heterocycles. The molecule has 1 amide bonds. The number of nitrogens with zero attached hydrogens (tertiary/aromatic N) is 1. The van der Waals surface area contributed by atoms with E-state index in [1.54, 1.807) is 24.3 Å². The number of hydrogen-bond donors (Lipinski definition) is 2. The van der Waals surface area contributed by atoms with Gasteiger partial charge in [0.25, 0.3) is 0 Å². The van der Waals surface area contributed by atoms with E-state index in [-0.39, 0.29) is 18.4 Å². The number of halogens is 1. The van der Waals surface area contributed by atoms with E-state index in [0.29, 0.717) is 17.1 Å². The molecule has 2 aliphatic heterocycles. The minimum atomic E-state index is -0.780. The SMILES string of the molecule is CN1C2CCCC1CC(NC(=O)CC(O)c1ccc(Cl)cc1)C2. The van der Waals surface area contributed by atoms with Gasteiger partial charge in [0.15, 0.2) is 0 Å². The molecule has 5 heteroatoms. The first kappa shape index (κ1) is 16.7. The lowest BCUT2D eigenvalue weighted by Gasteiger charge is -2.47. The van der Waals surface area contributed by atoms with Crippen LogP contribution in [0, 0.1) is 0 Å². The Labute approximate surface area is 142 Å². The van der Waals surface area contributed by atoms with Crippen molar-refractivity contribution in [2.24, 2.45) is 0 Å². The maximum Gasteiger partial charge on any atom is 0.223 e. The number of amides is 1. The lowest BCUT2D eigenvalue weighted by Crippen LogP contribution is -2.55. The monoisotopic (exact) mass is 336 g/mol. The number of nitrogens with one attached hydrogen (secondary N) is 1. The molecule has 2 aliphatic rings. The van der Waals surface area contributed by atoms with Crippen molar-refractivity contribution in [1.29, 1.82) is 0 Å². The first-order valence-electron chi connectivity index (χ1n) is 8.47. The van der Waals surface area contributed by atoms with Gasteiger partial charge in [-0.15, -0.1) is 0 Å². The number of carbonyl (C=O) groups excluding carboxylic acids is 1. The highest BCUT2D eigenvalue weighted by Gasteiger charge is 2.36. The van der Waals surface area contributed by atoms with Crippen LogP contribution in [0.5, 0.6) is 0 Å². The van der Waals surface area contributed by atoms with E-state index in [9.17, 15) is 9.90 Å². The Morgan fingerprint density at radius 2 is 1.91 bits per heavy atom. The zero-order valence-electron chi connectivity index (χ0n) is 13.5. The van der Waals surface area contributed by atoms with E-state index in [1.165, 1.54) is 19.3 Å². The number of fused-ring (bicyclic) bond motifs is 2. The van der Waals surface area contributed by atoms with Crippen LogP contribution in [0.25, 0.3) is 0 Å². The van der Waals surface area contributed by atoms with E-state index < -0.39 is 6.10 Å². The summed E-state index contributed by atoms with van der Waals surface area (Å²) in [6.45, 7) is 0. The average molecular weight is 337 g/mol. The van der Waals surface area contributed by atoms with Crippen molar-refractivity contribution >= 4 is 17.5 Å². The van der Waals surface area contributed by atoms with Gasteiger partial charge in [-0.05, 0) is 50.4 Å². The molecule has 1 aromatic carbocycles. The summed E-state index contributed by atoms with van der Waals surface area (Å²) in [6, 6.07) is 8.42. The van der Waals surface area contributed by atoms with Gasteiger partial charge in [0.05, 0.1) is 12.5 Å². The normalized spacial score (nSPS) is 29.1. The van der Waals surface area contributed by atoms with E-state index >= 15 is 0 Å². The van der Waals surface area contributed by atoms with Crippen molar-refractivity contribution in [2.45, 2.75) is 62.8 Å². The Morgan fingerprint density at radius 3 is 2.52 bits per heavy atom. The van der Waals surface area contributed by atoms with Crippen LogP contribution in [0.3, 0.4) is 0 Å². The second kappa shape index (κ2) is 7.20. The molecule has 0 aliphatic carbocycles. The van der Waals surface area contributed by atoms with Crippen molar-refractivity contribution in [3.63, 3.8) is 0 Å². The minimum absolute atomic E-state index is 0.0694. The maximum absolute atomic E-state index is 12.3. The minimum Gasteiger partial charge on any atom is -0.388 e. The Hall–Kier alpha value is -1.10. The lowest BCUT2D eigenvalue weighted by molar-refractivity contribution is -0.124. The Kier molecular flexibility index (Phi) is 5.24. The molecule has 2 fully saturated rings. The molecule has 126 valence electrons. The van der Waals surface area contributed by atoms with Crippen LogP contribution in [0.15, 0.2) is 24.3 Å². The van der Waals surface area contributed by atoms with Crippen LogP contribution >= 0.6 is 11.6 Å². The molecule has 2 saturated heterocycles. The Bertz CT molecular complexity index is 534. The molecule has 0 radical (unpaired) electrons. The van der Waals surface area contributed by atoms with Crippen LogP contribution < -0.4 is 5.32 Å². The molecule has 3 unspecified atom stereocenters. The van der Waals surface area contributed by atoms with Gasteiger partial charge in [0, 0.05) is 23.1 Å². The summed E-state index contributed by atoms with van der Waals surface area (Å²) in [5, 5.41) is 14.0. The van der Waals surface area contributed by atoms with Crippen LogP contribution in [0.4, 0.5) is 0 Å². The summed E-state index contributed by atoms with van der Waals surface area (Å²) in [6.07, 6.45) is 5.13. The smallest absolute Gasteiger partial charge is 0.223 e. The summed E-state index contributed by atoms with van der Waals surface area (Å²) >= 11 is 5.84. The molecule has 4 nitrogen and oxygen atoms in total. The molecular weight excluding hydrogens is 312 g/mol. The van der Waals surface area contributed by atoms with E-state index in [1.807, 2.05) is 0 Å². The zero-order valence-corrected chi connectivity index (χ0v) is 14.3. The van der Waals surface area contributed by atoms with Gasteiger partial charge < -0.3 is 15.3 Å². The van der Waals surface area contributed by atoms with Gasteiger partial charge in [-0.1, -0.05) is 30.2 Å². The Balaban J connectivity index is 1.52. The molecule has 0 spiro atoms. The standard InChI is InChI=1S/C18H25ClN2O2/c1-21-15-3-2-4-16(21)10-14(9-15)20-18(23)11-17(22)12-5-7-13(19)8-6-12/h5-8,14-17,22H,2-4,9-11H2,1H3,(H,20,23). The molecule has 2 heterocycles. The fraction of sp³-hybridized carbons (Fsp3) is 0.611. The third kappa shape index (κ3) is 4.06. The summed E-state index contributed by atoms with van der Waals surface area (Å²) in [5.41, 5.74) is 0.727. The van der Waals surface area contributed by atoms with E-state index in [2.05, 4.69) is 17.3 Å². The first-order chi connectivity index (χ1) is 11.0. The van der Waals surface area contributed by atoms with Gasteiger partial charge in [-0.2, -0.15) is 0 Å². The summed E-state index contributed by atoms with van der Waals surface area (Å²) in [7, 11) is 2.21. The van der Waals surface area contributed by atoms with Crippen LogP contribution in [0.1, 0.15) is 50.2 Å². The zero-order chi connectivity index (χ0) is 16.4. The predicted octanol–water partition coefficient (Wildman–Crippen LogP) is 2.90. The quantitative estimate of drug-likeness (QED) is 0.889. The van der Waals surface area contributed by atoms with Gasteiger partial charge in [0.2, 0.25) is 5.91 Å². The highest BCUT2D eigenvalue weighted by Crippen LogP contribution is 2.32. The summed E-state index contributed by atoms with van der Waals surface area (Å²) in [4.78, 5) is 14.7. The predicted molar refractivity (Wildman–Crippen MR) is 91.4 cm³/mol. The molecule has 2 bridgehead atoms. The number of rotatable bonds is 4. The average Bonchev–Trinajstić information content (AvgIpc) is 2.49. The highest BCUT2D eigenvalue weighted by atomic mass is 35.5. The summed E-state index contributed by atoms with van der Waals surface area (Å²) < 4.78 is 0. The number of aliphatic hydroxyl groups excluding tert-OH is 1. The number of piperidine rings is 2. The van der Waals surface area contributed by atoms with Crippen molar-refractivity contribution in [3.8, 4) is 0 Å². The lowest BCUT2D eigenvalue weighted by atomic mass is 9.82. The fourth-order valence-electron chi connectivity index (χ4n) is 4.00. The van der Waals surface area contributed by atoms with E-state index in [0.717, 1.165) is 18.4 Å². The molecule has 2 N–H and O–H groups in total. The fourth-order valence-corrected chi connectivity index (χ4v) is 4.12. The second-order valence-corrected chi connectivity index (χ2v) is 7.35. The van der Waals surface area contributed by atoms with Gasteiger partial charge in [0.1, 0.15) is 0 Å². The van der Waals surface area contributed by atoms with E-state index in [4.69, 9.17) is 11.6 Å². The van der Waals surface area contributed by atoms with Crippen LogP contribution in [0.2, 0.25) is 5.02 Å². The third-order valence-corrected chi connectivity index (χ3v) is 5.59. The van der Waals surface area contributed by atoms with Crippen molar-refractivity contribution in [1.82, 2.24) is 10.2 Å². The number of aliphatic hydroxyl groups is 1. The second-order valence-electron chi connectivity index (χ2n) is 6.91. The highest BCUT2D eigenvalue weighted by molar-refractivity contribution is 6.30. The largest absolute Gasteiger partial charge is 0.388 e. The number of carbonyl (C=O) groups is 1. The van der Waals surface area contributed by atoms with Crippen molar-refractivity contribution in [3.05, 3.63) is 34.9 Å². The third-order valence-electron chi connectivity index (χ3n) is 5.34. The van der Waals surface area contributed by atoms with Crippen molar-refractivity contribution < 1.29 is 9.90 Å². The van der Waals surface area contributed by atoms with Gasteiger partial charge in [-0.25, -0.2) is 0 Å². The maximum atomic E-state index is 12.3. The molecule has 23 heavy (non-hydrogen) atoms. The van der Waals surface area contributed by atoms with Gasteiger partial charge in [-0.3, -0.25) is 4.79 Å². The molecular formula is C18H25ClN2O2. The topological polar surface area (TPSA) is 52.6 Å². The molecule has 3 atom stereocenters. The van der Waals surface area contributed by atoms with Crippen LogP contribution in [-0.2, 0) is 4.79 Å². The summed E-state index contributed by atoms with van der Waals surface area (Å²) in [5.74, 6) is -0.0694. The number of hydrogen-bond acceptors (Lipinski definition) is 3.